The van der Waals surface area contributed by atoms with Crippen LogP contribution in [0.3, 0.4) is 0 Å². The molecular formula is C18H15F2N3O2. The number of rotatable bonds is 5. The summed E-state index contributed by atoms with van der Waals surface area (Å²) in [5.41, 5.74) is 1.68. The van der Waals surface area contributed by atoms with Crippen molar-refractivity contribution in [3.63, 3.8) is 0 Å². The lowest BCUT2D eigenvalue weighted by molar-refractivity contribution is 0.150. The van der Waals surface area contributed by atoms with E-state index in [1.807, 2.05) is 0 Å². The van der Waals surface area contributed by atoms with Crippen LogP contribution in [0.4, 0.5) is 8.78 Å². The standard InChI is InChI=1S/C18H15F2N3O2/c1-11-8-12(5-6-13(11)16(19)20)25-18-14(4-3-7-22-18)15-9-21-10-23-17(15)24-2/h3-10,16H,1-2H3. The molecular weight excluding hydrogens is 328 g/mol. The number of hydrogen-bond donors (Lipinski definition) is 0. The molecule has 3 rings (SSSR count). The second kappa shape index (κ2) is 7.21. The fourth-order valence-corrected chi connectivity index (χ4v) is 2.41. The molecule has 0 saturated heterocycles. The largest absolute Gasteiger partial charge is 0.480 e. The first-order valence-electron chi connectivity index (χ1n) is 7.46. The highest BCUT2D eigenvalue weighted by Gasteiger charge is 2.16. The number of methoxy groups -OCH3 is 1. The summed E-state index contributed by atoms with van der Waals surface area (Å²) >= 11 is 0. The Labute approximate surface area is 143 Å². The van der Waals surface area contributed by atoms with Crippen LogP contribution in [0.15, 0.2) is 49.1 Å². The van der Waals surface area contributed by atoms with Crippen LogP contribution in [-0.2, 0) is 0 Å². The number of nitrogens with zero attached hydrogens (tertiary/aromatic N) is 3. The molecule has 0 radical (unpaired) electrons. The highest BCUT2D eigenvalue weighted by molar-refractivity contribution is 5.72. The van der Waals surface area contributed by atoms with E-state index in [1.54, 1.807) is 37.5 Å². The van der Waals surface area contributed by atoms with Crippen LogP contribution in [0.5, 0.6) is 17.5 Å². The predicted molar refractivity (Wildman–Crippen MR) is 88.0 cm³/mol. The number of benzene rings is 1. The zero-order valence-electron chi connectivity index (χ0n) is 13.6. The molecule has 2 heterocycles. The lowest BCUT2D eigenvalue weighted by Gasteiger charge is -2.13. The average Bonchev–Trinajstić information content (AvgIpc) is 2.62. The fraction of sp³-hybridized carbons (Fsp3) is 0.167. The van der Waals surface area contributed by atoms with Crippen LogP contribution in [0.25, 0.3) is 11.1 Å². The van der Waals surface area contributed by atoms with Crippen LogP contribution < -0.4 is 9.47 Å². The highest BCUT2D eigenvalue weighted by atomic mass is 19.3. The van der Waals surface area contributed by atoms with E-state index in [0.717, 1.165) is 0 Å². The lowest BCUT2D eigenvalue weighted by atomic mass is 10.1. The topological polar surface area (TPSA) is 57.1 Å². The Hall–Kier alpha value is -3.09. The summed E-state index contributed by atoms with van der Waals surface area (Å²) in [6.45, 7) is 1.61. The van der Waals surface area contributed by atoms with Crippen molar-refractivity contribution in [2.75, 3.05) is 7.11 Å². The van der Waals surface area contributed by atoms with Gasteiger partial charge in [0.05, 0.1) is 18.2 Å². The Morgan fingerprint density at radius 1 is 1.04 bits per heavy atom. The summed E-state index contributed by atoms with van der Waals surface area (Å²) in [4.78, 5) is 12.3. The first-order chi connectivity index (χ1) is 12.1. The SMILES string of the molecule is COc1ncncc1-c1cccnc1Oc1ccc(C(F)F)c(C)c1. The molecule has 0 bridgehead atoms. The van der Waals surface area contributed by atoms with Crippen molar-refractivity contribution in [2.45, 2.75) is 13.3 Å². The first kappa shape index (κ1) is 16.8. The van der Waals surface area contributed by atoms with Gasteiger partial charge < -0.3 is 9.47 Å². The van der Waals surface area contributed by atoms with Gasteiger partial charge in [0, 0.05) is 18.0 Å². The summed E-state index contributed by atoms with van der Waals surface area (Å²) in [5.74, 6) is 1.11. The van der Waals surface area contributed by atoms with Crippen molar-refractivity contribution in [1.82, 2.24) is 15.0 Å². The Morgan fingerprint density at radius 2 is 1.88 bits per heavy atom. The van der Waals surface area contributed by atoms with Crippen LogP contribution in [0, 0.1) is 6.92 Å². The van der Waals surface area contributed by atoms with E-state index in [4.69, 9.17) is 9.47 Å². The zero-order chi connectivity index (χ0) is 17.8. The van der Waals surface area contributed by atoms with E-state index in [9.17, 15) is 8.78 Å². The number of halogens is 2. The van der Waals surface area contributed by atoms with E-state index in [0.29, 0.717) is 34.2 Å². The van der Waals surface area contributed by atoms with E-state index in [1.165, 1.54) is 25.6 Å². The normalized spacial score (nSPS) is 10.8. The molecule has 0 fully saturated rings. The van der Waals surface area contributed by atoms with Crippen molar-refractivity contribution < 1.29 is 18.3 Å². The molecule has 3 aromatic rings. The number of ether oxygens (including phenoxy) is 2. The molecule has 0 saturated carbocycles. The van der Waals surface area contributed by atoms with Crippen LogP contribution in [0.2, 0.25) is 0 Å². The molecule has 1 aromatic carbocycles. The first-order valence-corrected chi connectivity index (χ1v) is 7.46. The lowest BCUT2D eigenvalue weighted by Crippen LogP contribution is -1.97. The molecule has 0 amide bonds. The van der Waals surface area contributed by atoms with Gasteiger partial charge in [0.15, 0.2) is 0 Å². The molecule has 128 valence electrons. The van der Waals surface area contributed by atoms with E-state index >= 15 is 0 Å². The number of hydrogen-bond acceptors (Lipinski definition) is 5. The summed E-state index contributed by atoms with van der Waals surface area (Å²) in [7, 11) is 1.51. The van der Waals surface area contributed by atoms with Gasteiger partial charge in [-0.1, -0.05) is 0 Å². The summed E-state index contributed by atoms with van der Waals surface area (Å²) in [6.07, 6.45) is 2.03. The third-order valence-corrected chi connectivity index (χ3v) is 3.62. The van der Waals surface area contributed by atoms with Gasteiger partial charge in [0.2, 0.25) is 11.8 Å². The van der Waals surface area contributed by atoms with Gasteiger partial charge in [-0.3, -0.25) is 0 Å². The van der Waals surface area contributed by atoms with Gasteiger partial charge in [-0.2, -0.15) is 0 Å². The van der Waals surface area contributed by atoms with Gasteiger partial charge in [-0.15, -0.1) is 0 Å². The van der Waals surface area contributed by atoms with E-state index in [-0.39, 0.29) is 5.56 Å². The Balaban J connectivity index is 1.98. The predicted octanol–water partition coefficient (Wildman–Crippen LogP) is 4.59. The maximum atomic E-state index is 12.9. The minimum Gasteiger partial charge on any atom is -0.480 e. The minimum atomic E-state index is -2.52. The summed E-state index contributed by atoms with van der Waals surface area (Å²) < 4.78 is 36.8. The molecule has 7 heteroatoms. The van der Waals surface area contributed by atoms with E-state index in [2.05, 4.69) is 15.0 Å². The molecule has 2 aromatic heterocycles. The average molecular weight is 343 g/mol. The zero-order valence-corrected chi connectivity index (χ0v) is 13.6. The molecule has 25 heavy (non-hydrogen) atoms. The Morgan fingerprint density at radius 3 is 2.60 bits per heavy atom. The number of pyridine rings is 1. The van der Waals surface area contributed by atoms with Gasteiger partial charge in [0.1, 0.15) is 12.1 Å². The molecule has 0 N–H and O–H groups in total. The minimum absolute atomic E-state index is 0.0216. The Bertz CT molecular complexity index is 888. The molecule has 0 spiro atoms. The molecule has 0 unspecified atom stereocenters. The smallest absolute Gasteiger partial charge is 0.264 e. The van der Waals surface area contributed by atoms with Crippen molar-refractivity contribution in [1.29, 1.82) is 0 Å². The molecule has 0 atom stereocenters. The molecule has 0 aliphatic carbocycles. The van der Waals surface area contributed by atoms with Gasteiger partial charge in [0.25, 0.3) is 6.43 Å². The molecule has 0 aliphatic rings. The maximum Gasteiger partial charge on any atom is 0.264 e. The fourth-order valence-electron chi connectivity index (χ4n) is 2.41. The van der Waals surface area contributed by atoms with Gasteiger partial charge >= 0.3 is 0 Å². The van der Waals surface area contributed by atoms with Crippen molar-refractivity contribution in [2.24, 2.45) is 0 Å². The number of alkyl halides is 2. The number of aryl methyl sites for hydroxylation is 1. The van der Waals surface area contributed by atoms with Crippen LogP contribution in [0.1, 0.15) is 17.6 Å². The van der Waals surface area contributed by atoms with Crippen LogP contribution in [-0.4, -0.2) is 22.1 Å². The molecule has 5 nitrogen and oxygen atoms in total. The van der Waals surface area contributed by atoms with E-state index < -0.39 is 6.43 Å². The Kier molecular flexibility index (Phi) is 4.83. The van der Waals surface area contributed by atoms with Crippen molar-refractivity contribution in [3.8, 4) is 28.6 Å². The number of aromatic nitrogens is 3. The van der Waals surface area contributed by atoms with Crippen molar-refractivity contribution in [3.05, 3.63) is 60.2 Å². The van der Waals surface area contributed by atoms with Crippen molar-refractivity contribution >= 4 is 0 Å². The monoisotopic (exact) mass is 343 g/mol. The third-order valence-electron chi connectivity index (χ3n) is 3.62. The van der Waals surface area contributed by atoms with Gasteiger partial charge in [-0.25, -0.2) is 23.7 Å². The quantitative estimate of drug-likeness (QED) is 0.678. The molecule has 0 aliphatic heterocycles. The third kappa shape index (κ3) is 3.55. The van der Waals surface area contributed by atoms with Gasteiger partial charge in [-0.05, 0) is 42.8 Å². The summed E-state index contributed by atoms with van der Waals surface area (Å²) in [6, 6.07) is 7.94. The maximum absolute atomic E-state index is 12.9. The van der Waals surface area contributed by atoms with Crippen LogP contribution >= 0.6 is 0 Å². The highest BCUT2D eigenvalue weighted by Crippen LogP contribution is 2.36. The second-order valence-electron chi connectivity index (χ2n) is 5.22. The summed E-state index contributed by atoms with van der Waals surface area (Å²) in [5, 5.41) is 0. The second-order valence-corrected chi connectivity index (χ2v) is 5.22.